The minimum absolute atomic E-state index is 0.216. The minimum atomic E-state index is -0.770. The van der Waals surface area contributed by atoms with Gasteiger partial charge >= 0.3 is 0 Å². The number of aromatic nitrogens is 3. The van der Waals surface area contributed by atoms with Crippen LogP contribution in [-0.2, 0) is 12.8 Å². The highest BCUT2D eigenvalue weighted by molar-refractivity contribution is 5.26. The molecule has 1 heterocycles. The summed E-state index contributed by atoms with van der Waals surface area (Å²) >= 11 is 0. The Kier molecular flexibility index (Phi) is 5.66. The third kappa shape index (κ3) is 4.13. The van der Waals surface area contributed by atoms with Crippen LogP contribution >= 0.6 is 0 Å². The Labute approximate surface area is 115 Å². The van der Waals surface area contributed by atoms with E-state index in [0.29, 0.717) is 12.5 Å². The second kappa shape index (κ2) is 6.80. The van der Waals surface area contributed by atoms with E-state index in [9.17, 15) is 5.11 Å². The molecule has 0 aromatic carbocycles. The average Bonchev–Trinajstić information content (AvgIpc) is 2.43. The molecule has 0 radical (unpaired) electrons. The van der Waals surface area contributed by atoms with Crippen LogP contribution in [0.1, 0.15) is 52.4 Å². The van der Waals surface area contributed by atoms with Crippen LogP contribution in [-0.4, -0.2) is 32.4 Å². The summed E-state index contributed by atoms with van der Waals surface area (Å²) in [6.07, 6.45) is 2.62. The van der Waals surface area contributed by atoms with Gasteiger partial charge in [0.25, 0.3) is 0 Å². The highest BCUT2D eigenvalue weighted by Crippen LogP contribution is 2.20. The maximum Gasteiger partial charge on any atom is 0.243 e. The van der Waals surface area contributed by atoms with Crippen LogP contribution in [0, 0.1) is 5.92 Å². The molecule has 19 heavy (non-hydrogen) atoms. The van der Waals surface area contributed by atoms with Gasteiger partial charge in [0.15, 0.2) is 0 Å². The quantitative estimate of drug-likeness (QED) is 0.791. The van der Waals surface area contributed by atoms with Crippen molar-refractivity contribution in [2.24, 2.45) is 5.92 Å². The minimum Gasteiger partial charge on any atom is -0.388 e. The molecule has 5 nitrogen and oxygen atoms in total. The Morgan fingerprint density at radius 2 is 1.79 bits per heavy atom. The van der Waals surface area contributed by atoms with Crippen LogP contribution in [0.2, 0.25) is 0 Å². The molecular weight excluding hydrogens is 240 g/mol. The third-order valence-electron chi connectivity index (χ3n) is 3.79. The molecule has 1 aromatic rings. The van der Waals surface area contributed by atoms with E-state index in [-0.39, 0.29) is 5.92 Å². The van der Waals surface area contributed by atoms with Gasteiger partial charge in [-0.2, -0.15) is 5.10 Å². The van der Waals surface area contributed by atoms with Gasteiger partial charge in [0.1, 0.15) is 0 Å². The summed E-state index contributed by atoms with van der Waals surface area (Å²) in [5, 5.41) is 21.7. The second-order valence-corrected chi connectivity index (χ2v) is 5.26. The number of aliphatic hydroxyl groups is 1. The zero-order chi connectivity index (χ0) is 14.5. The highest BCUT2D eigenvalue weighted by atomic mass is 16.3. The maximum atomic E-state index is 10.3. The fourth-order valence-electron chi connectivity index (χ4n) is 1.88. The number of aryl methyl sites for hydroxylation is 2. The molecule has 0 spiro atoms. The summed E-state index contributed by atoms with van der Waals surface area (Å²) in [4.78, 5) is 4.45. The largest absolute Gasteiger partial charge is 0.388 e. The van der Waals surface area contributed by atoms with Crippen molar-refractivity contribution in [3.05, 3.63) is 11.4 Å². The first kappa shape index (κ1) is 15.8. The number of hydrogen-bond acceptors (Lipinski definition) is 5. The van der Waals surface area contributed by atoms with E-state index in [2.05, 4.69) is 34.3 Å². The van der Waals surface area contributed by atoms with Gasteiger partial charge in [0.05, 0.1) is 17.0 Å². The Morgan fingerprint density at radius 1 is 1.16 bits per heavy atom. The van der Waals surface area contributed by atoms with E-state index < -0.39 is 5.60 Å². The Hall–Kier alpha value is -1.23. The summed E-state index contributed by atoms with van der Waals surface area (Å²) < 4.78 is 0. The van der Waals surface area contributed by atoms with E-state index in [1.807, 2.05) is 20.8 Å². The summed E-state index contributed by atoms with van der Waals surface area (Å²) in [6, 6.07) is 0. The summed E-state index contributed by atoms with van der Waals surface area (Å²) in [7, 11) is 0. The lowest BCUT2D eigenvalue weighted by Gasteiger charge is -2.29. The number of hydrogen-bond donors (Lipinski definition) is 2. The van der Waals surface area contributed by atoms with Crippen molar-refractivity contribution in [1.82, 2.24) is 15.2 Å². The van der Waals surface area contributed by atoms with E-state index in [4.69, 9.17) is 0 Å². The Morgan fingerprint density at radius 3 is 2.32 bits per heavy atom. The second-order valence-electron chi connectivity index (χ2n) is 5.26. The van der Waals surface area contributed by atoms with Gasteiger partial charge in [-0.05, 0) is 25.7 Å². The molecule has 0 saturated heterocycles. The van der Waals surface area contributed by atoms with Crippen LogP contribution in [0.5, 0.6) is 0 Å². The van der Waals surface area contributed by atoms with Crippen molar-refractivity contribution in [2.75, 3.05) is 11.9 Å². The van der Waals surface area contributed by atoms with E-state index in [1.165, 1.54) is 0 Å². The molecule has 0 aliphatic rings. The molecule has 1 aromatic heterocycles. The van der Waals surface area contributed by atoms with Gasteiger partial charge in [-0.3, -0.25) is 0 Å². The number of nitrogens with one attached hydrogen (secondary N) is 1. The predicted octanol–water partition coefficient (Wildman–Crippen LogP) is 2.21. The first-order valence-electron chi connectivity index (χ1n) is 7.13. The average molecular weight is 266 g/mol. The van der Waals surface area contributed by atoms with E-state index in [1.54, 1.807) is 0 Å². The molecule has 0 amide bonds. The molecule has 2 atom stereocenters. The van der Waals surface area contributed by atoms with Gasteiger partial charge in [0.2, 0.25) is 5.95 Å². The first-order chi connectivity index (χ1) is 8.94. The molecule has 2 unspecified atom stereocenters. The zero-order valence-electron chi connectivity index (χ0n) is 12.7. The van der Waals surface area contributed by atoms with Crippen LogP contribution in [0.25, 0.3) is 0 Å². The van der Waals surface area contributed by atoms with Gasteiger partial charge in [0, 0.05) is 6.54 Å². The standard InChI is InChI=1S/C14H26N4O/c1-6-10(4)14(5,19)9-15-13-16-11(7-2)12(8-3)17-18-13/h10,19H,6-9H2,1-5H3,(H,15,16,18). The third-order valence-corrected chi connectivity index (χ3v) is 3.79. The molecule has 2 N–H and O–H groups in total. The molecule has 1 rings (SSSR count). The topological polar surface area (TPSA) is 70.9 Å². The molecular formula is C14H26N4O. The van der Waals surface area contributed by atoms with Crippen LogP contribution < -0.4 is 5.32 Å². The molecule has 0 saturated carbocycles. The van der Waals surface area contributed by atoms with Crippen molar-refractivity contribution < 1.29 is 5.11 Å². The lowest BCUT2D eigenvalue weighted by Crippen LogP contribution is -2.40. The van der Waals surface area contributed by atoms with Gasteiger partial charge in [-0.1, -0.05) is 34.1 Å². The lowest BCUT2D eigenvalue weighted by molar-refractivity contribution is 0.0174. The maximum absolute atomic E-state index is 10.3. The Balaban J connectivity index is 2.73. The molecule has 0 fully saturated rings. The van der Waals surface area contributed by atoms with Crippen molar-refractivity contribution in [3.8, 4) is 0 Å². The smallest absolute Gasteiger partial charge is 0.243 e. The van der Waals surface area contributed by atoms with Crippen molar-refractivity contribution in [3.63, 3.8) is 0 Å². The van der Waals surface area contributed by atoms with Gasteiger partial charge < -0.3 is 10.4 Å². The lowest BCUT2D eigenvalue weighted by atomic mass is 9.89. The Bertz CT molecular complexity index is 406. The molecule has 5 heteroatoms. The normalized spacial score (nSPS) is 15.9. The summed E-state index contributed by atoms with van der Waals surface area (Å²) in [5.41, 5.74) is 1.15. The van der Waals surface area contributed by atoms with Crippen molar-refractivity contribution in [2.45, 2.75) is 59.5 Å². The molecule has 0 bridgehead atoms. The van der Waals surface area contributed by atoms with Crippen LogP contribution in [0.4, 0.5) is 5.95 Å². The van der Waals surface area contributed by atoms with E-state index >= 15 is 0 Å². The summed E-state index contributed by atoms with van der Waals surface area (Å²) in [6.45, 7) is 10.5. The van der Waals surface area contributed by atoms with Gasteiger partial charge in [-0.15, -0.1) is 5.10 Å². The first-order valence-corrected chi connectivity index (χ1v) is 7.13. The van der Waals surface area contributed by atoms with Gasteiger partial charge in [-0.25, -0.2) is 4.98 Å². The fraction of sp³-hybridized carbons (Fsp3) is 0.786. The fourth-order valence-corrected chi connectivity index (χ4v) is 1.88. The number of rotatable bonds is 7. The monoisotopic (exact) mass is 266 g/mol. The predicted molar refractivity (Wildman–Crippen MR) is 77.2 cm³/mol. The zero-order valence-corrected chi connectivity index (χ0v) is 12.7. The van der Waals surface area contributed by atoms with Crippen molar-refractivity contribution in [1.29, 1.82) is 0 Å². The number of nitrogens with zero attached hydrogens (tertiary/aromatic N) is 3. The van der Waals surface area contributed by atoms with Crippen LogP contribution in [0.15, 0.2) is 0 Å². The molecule has 0 aliphatic carbocycles. The van der Waals surface area contributed by atoms with Crippen LogP contribution in [0.3, 0.4) is 0 Å². The summed E-state index contributed by atoms with van der Waals surface area (Å²) in [5.74, 6) is 0.714. The molecule has 108 valence electrons. The molecule has 0 aliphatic heterocycles. The number of anilines is 1. The van der Waals surface area contributed by atoms with E-state index in [0.717, 1.165) is 30.7 Å². The van der Waals surface area contributed by atoms with Crippen molar-refractivity contribution >= 4 is 5.95 Å². The SMILES string of the molecule is CCc1nnc(NCC(C)(O)C(C)CC)nc1CC. The highest BCUT2D eigenvalue weighted by Gasteiger charge is 2.27.